The first-order valence-corrected chi connectivity index (χ1v) is 13.0. The van der Waals surface area contributed by atoms with Crippen LogP contribution in [0.1, 0.15) is 25.7 Å². The van der Waals surface area contributed by atoms with Crippen molar-refractivity contribution in [3.63, 3.8) is 0 Å². The van der Waals surface area contributed by atoms with Gasteiger partial charge in [-0.3, -0.25) is 9.12 Å². The molecule has 0 amide bonds. The lowest BCUT2D eigenvalue weighted by Crippen LogP contribution is -2.17. The number of aromatic nitrogens is 4. The Morgan fingerprint density at radius 3 is 2.37 bits per heavy atom. The highest BCUT2D eigenvalue weighted by Crippen LogP contribution is 2.32. The van der Waals surface area contributed by atoms with Gasteiger partial charge in [0, 0.05) is 17.0 Å². The lowest BCUT2D eigenvalue weighted by molar-refractivity contribution is 0.483. The van der Waals surface area contributed by atoms with E-state index in [-0.39, 0.29) is 4.90 Å². The molecule has 8 nitrogen and oxygen atoms in total. The summed E-state index contributed by atoms with van der Waals surface area (Å²) in [5.74, 6) is 1.79. The predicted molar refractivity (Wildman–Crippen MR) is 135 cm³/mol. The van der Waals surface area contributed by atoms with E-state index in [4.69, 9.17) is 15.0 Å². The van der Waals surface area contributed by atoms with Crippen molar-refractivity contribution >= 4 is 37.9 Å². The van der Waals surface area contributed by atoms with Gasteiger partial charge in [0.25, 0.3) is 10.1 Å². The Labute approximate surface area is 202 Å². The molecule has 1 saturated carbocycles. The molecule has 5 aromatic rings. The van der Waals surface area contributed by atoms with Crippen molar-refractivity contribution in [2.45, 2.75) is 36.6 Å². The largest absolute Gasteiger partial charge is 0.367 e. The molecule has 176 valence electrons. The first kappa shape index (κ1) is 21.7. The molecule has 1 aliphatic carbocycles. The zero-order valence-electron chi connectivity index (χ0n) is 18.8. The summed E-state index contributed by atoms with van der Waals surface area (Å²) < 4.78 is 34.9. The van der Waals surface area contributed by atoms with Gasteiger partial charge < -0.3 is 5.32 Å². The Morgan fingerprint density at radius 1 is 0.857 bits per heavy atom. The SMILES string of the molecule is O=S(=O)(O)c1ccc2c(c1)nc(-c1ccccc1)n2-c1nc(NC2CCCC2)c2ccccc2n1. The Hall–Kier alpha value is -3.82. The van der Waals surface area contributed by atoms with E-state index in [9.17, 15) is 13.0 Å². The Kier molecular flexibility index (Phi) is 5.23. The first-order valence-electron chi connectivity index (χ1n) is 11.6. The number of benzene rings is 3. The minimum absolute atomic E-state index is 0.211. The van der Waals surface area contributed by atoms with Gasteiger partial charge in [-0.2, -0.15) is 13.4 Å². The second-order valence-corrected chi connectivity index (χ2v) is 10.2. The number of nitrogens with zero attached hydrogens (tertiary/aromatic N) is 4. The molecular weight excluding hydrogens is 462 g/mol. The van der Waals surface area contributed by atoms with E-state index in [0.717, 1.165) is 35.1 Å². The topological polar surface area (TPSA) is 110 Å². The minimum Gasteiger partial charge on any atom is -0.367 e. The normalized spacial score (nSPS) is 14.7. The van der Waals surface area contributed by atoms with Gasteiger partial charge in [-0.05, 0) is 43.2 Å². The highest BCUT2D eigenvalue weighted by Gasteiger charge is 2.22. The molecule has 0 atom stereocenters. The van der Waals surface area contributed by atoms with Crippen molar-refractivity contribution in [1.29, 1.82) is 0 Å². The van der Waals surface area contributed by atoms with Crippen molar-refractivity contribution in [1.82, 2.24) is 19.5 Å². The van der Waals surface area contributed by atoms with Crippen LogP contribution in [0.3, 0.4) is 0 Å². The standard InChI is InChI=1S/C26H23N5O3S/c32-35(33,34)19-14-15-23-22(16-19)28-25(17-8-2-1-3-9-17)31(23)26-29-21-13-7-6-12-20(21)24(30-26)27-18-10-4-5-11-18/h1-3,6-9,12-16,18H,4-5,10-11H2,(H,27,29,30)(H,32,33,34). The summed E-state index contributed by atoms with van der Waals surface area (Å²) in [5, 5.41) is 4.57. The maximum absolute atomic E-state index is 11.8. The van der Waals surface area contributed by atoms with Crippen LogP contribution in [-0.2, 0) is 10.1 Å². The van der Waals surface area contributed by atoms with E-state index in [1.54, 1.807) is 6.07 Å². The summed E-state index contributed by atoms with van der Waals surface area (Å²) in [4.78, 5) is 14.3. The molecule has 0 radical (unpaired) electrons. The fourth-order valence-electron chi connectivity index (χ4n) is 4.74. The molecule has 3 aromatic carbocycles. The van der Waals surface area contributed by atoms with Crippen LogP contribution in [0.4, 0.5) is 5.82 Å². The molecule has 2 N–H and O–H groups in total. The second kappa shape index (κ2) is 8.44. The number of imidazole rings is 1. The zero-order chi connectivity index (χ0) is 24.0. The lowest BCUT2D eigenvalue weighted by Gasteiger charge is -2.16. The number of hydrogen-bond donors (Lipinski definition) is 2. The van der Waals surface area contributed by atoms with E-state index < -0.39 is 10.1 Å². The average molecular weight is 486 g/mol. The number of hydrogen-bond acceptors (Lipinski definition) is 6. The smallest absolute Gasteiger partial charge is 0.294 e. The van der Waals surface area contributed by atoms with Crippen molar-refractivity contribution < 1.29 is 13.0 Å². The molecule has 1 fully saturated rings. The van der Waals surface area contributed by atoms with Gasteiger partial charge in [-0.25, -0.2) is 9.97 Å². The molecule has 0 saturated heterocycles. The zero-order valence-corrected chi connectivity index (χ0v) is 19.6. The summed E-state index contributed by atoms with van der Waals surface area (Å²) in [5.41, 5.74) is 2.69. The second-order valence-electron chi connectivity index (χ2n) is 8.78. The number of nitrogens with one attached hydrogen (secondary N) is 1. The van der Waals surface area contributed by atoms with Crippen LogP contribution in [0.15, 0.2) is 77.7 Å². The van der Waals surface area contributed by atoms with E-state index in [2.05, 4.69) is 5.32 Å². The van der Waals surface area contributed by atoms with Gasteiger partial charge in [-0.15, -0.1) is 0 Å². The van der Waals surface area contributed by atoms with Crippen LogP contribution < -0.4 is 5.32 Å². The molecule has 2 heterocycles. The third-order valence-corrected chi connectivity index (χ3v) is 7.29. The Balaban J connectivity index is 1.61. The van der Waals surface area contributed by atoms with Gasteiger partial charge in [0.05, 0.1) is 21.4 Å². The van der Waals surface area contributed by atoms with Crippen LogP contribution in [0.5, 0.6) is 0 Å². The van der Waals surface area contributed by atoms with Gasteiger partial charge in [0.15, 0.2) is 0 Å². The first-order chi connectivity index (χ1) is 17.0. The molecule has 0 bridgehead atoms. The van der Waals surface area contributed by atoms with E-state index in [0.29, 0.717) is 28.8 Å². The third kappa shape index (κ3) is 4.02. The highest BCUT2D eigenvalue weighted by molar-refractivity contribution is 7.85. The molecule has 0 unspecified atom stereocenters. The average Bonchev–Trinajstić information content (AvgIpc) is 3.51. The number of anilines is 1. The Morgan fingerprint density at radius 2 is 1.60 bits per heavy atom. The molecule has 1 aliphatic rings. The molecular formula is C26H23N5O3S. The summed E-state index contributed by atoms with van der Waals surface area (Å²) in [6.07, 6.45) is 4.62. The van der Waals surface area contributed by atoms with Crippen molar-refractivity contribution in [2.24, 2.45) is 0 Å². The maximum atomic E-state index is 11.8. The number of para-hydroxylation sites is 1. The lowest BCUT2D eigenvalue weighted by atomic mass is 10.2. The van der Waals surface area contributed by atoms with Crippen LogP contribution in [0.2, 0.25) is 0 Å². The van der Waals surface area contributed by atoms with Gasteiger partial charge in [-0.1, -0.05) is 55.3 Å². The van der Waals surface area contributed by atoms with E-state index in [1.807, 2.05) is 59.2 Å². The van der Waals surface area contributed by atoms with Crippen LogP contribution >= 0.6 is 0 Å². The molecule has 9 heteroatoms. The summed E-state index contributed by atoms with van der Waals surface area (Å²) in [7, 11) is -4.37. The summed E-state index contributed by atoms with van der Waals surface area (Å²) in [6, 6.07) is 22.2. The van der Waals surface area contributed by atoms with E-state index >= 15 is 0 Å². The molecule has 0 aliphatic heterocycles. The number of rotatable bonds is 5. The minimum atomic E-state index is -4.37. The highest BCUT2D eigenvalue weighted by atomic mass is 32.2. The molecule has 35 heavy (non-hydrogen) atoms. The monoisotopic (exact) mass is 485 g/mol. The predicted octanol–water partition coefficient (Wildman–Crippen LogP) is 5.24. The summed E-state index contributed by atoms with van der Waals surface area (Å²) in [6.45, 7) is 0. The van der Waals surface area contributed by atoms with Crippen LogP contribution in [-0.4, -0.2) is 38.5 Å². The number of fused-ring (bicyclic) bond motifs is 2. The van der Waals surface area contributed by atoms with Crippen LogP contribution in [0, 0.1) is 0 Å². The quantitative estimate of drug-likeness (QED) is 0.328. The molecule has 2 aromatic heterocycles. The van der Waals surface area contributed by atoms with Crippen molar-refractivity contribution in [3.05, 3.63) is 72.8 Å². The maximum Gasteiger partial charge on any atom is 0.294 e. The fourth-order valence-corrected chi connectivity index (χ4v) is 5.24. The van der Waals surface area contributed by atoms with Crippen molar-refractivity contribution in [3.8, 4) is 17.3 Å². The third-order valence-electron chi connectivity index (χ3n) is 6.44. The molecule has 0 spiro atoms. The van der Waals surface area contributed by atoms with Crippen LogP contribution in [0.25, 0.3) is 39.3 Å². The molecule has 6 rings (SSSR count). The van der Waals surface area contributed by atoms with Crippen molar-refractivity contribution in [2.75, 3.05) is 5.32 Å². The van der Waals surface area contributed by atoms with Gasteiger partial charge in [0.1, 0.15) is 11.6 Å². The van der Waals surface area contributed by atoms with E-state index in [1.165, 1.54) is 25.0 Å². The van der Waals surface area contributed by atoms with Gasteiger partial charge >= 0.3 is 0 Å². The Bertz CT molecular complexity index is 1660. The fraction of sp³-hybridized carbons (Fsp3) is 0.192. The summed E-state index contributed by atoms with van der Waals surface area (Å²) >= 11 is 0. The van der Waals surface area contributed by atoms with Gasteiger partial charge in [0.2, 0.25) is 5.95 Å².